The van der Waals surface area contributed by atoms with Crippen LogP contribution in [0.1, 0.15) is 49.3 Å². The number of aromatic amines is 1. The highest BCUT2D eigenvalue weighted by atomic mass is 16.2. The van der Waals surface area contributed by atoms with Gasteiger partial charge in [0.2, 0.25) is 0 Å². The van der Waals surface area contributed by atoms with E-state index in [-0.39, 0.29) is 5.91 Å². The Kier molecular flexibility index (Phi) is 4.74. The number of carbonyl (C=O) groups excluding carboxylic acids is 1. The van der Waals surface area contributed by atoms with Gasteiger partial charge in [0.25, 0.3) is 5.91 Å². The number of H-pyrrole nitrogens is 1. The summed E-state index contributed by atoms with van der Waals surface area (Å²) in [6, 6.07) is 6.28. The van der Waals surface area contributed by atoms with Crippen LogP contribution in [0.4, 0.5) is 0 Å². The number of carbonyl (C=O) groups is 1. The zero-order valence-corrected chi connectivity index (χ0v) is 16.2. The van der Waals surface area contributed by atoms with Crippen LogP contribution >= 0.6 is 0 Å². The molecule has 1 saturated heterocycles. The summed E-state index contributed by atoms with van der Waals surface area (Å²) in [6.07, 6.45) is 3.83. The van der Waals surface area contributed by atoms with Crippen LogP contribution in [0.2, 0.25) is 0 Å². The fourth-order valence-electron chi connectivity index (χ4n) is 4.19. The van der Waals surface area contributed by atoms with Gasteiger partial charge in [0.1, 0.15) is 5.82 Å². The van der Waals surface area contributed by atoms with Crippen molar-refractivity contribution in [2.45, 2.75) is 46.1 Å². The summed E-state index contributed by atoms with van der Waals surface area (Å²) in [5, 5.41) is 0. The van der Waals surface area contributed by atoms with Gasteiger partial charge in [-0.25, -0.2) is 4.98 Å². The van der Waals surface area contributed by atoms with Crippen molar-refractivity contribution in [1.29, 1.82) is 0 Å². The first-order valence-electron chi connectivity index (χ1n) is 10.0. The maximum atomic E-state index is 13.2. The molecule has 1 saturated carbocycles. The quantitative estimate of drug-likeness (QED) is 0.915. The molecule has 5 nitrogen and oxygen atoms in total. The minimum absolute atomic E-state index is 0.151. The van der Waals surface area contributed by atoms with Crippen LogP contribution in [0.15, 0.2) is 18.2 Å². The van der Waals surface area contributed by atoms with E-state index in [1.54, 1.807) is 0 Å². The molecular formula is C21H30N4O. The lowest BCUT2D eigenvalue weighted by molar-refractivity contribution is 0.0704. The number of benzene rings is 1. The fraction of sp³-hybridized carbons (Fsp3) is 0.619. The first-order chi connectivity index (χ1) is 12.5. The Bertz CT molecular complexity index is 792. The summed E-state index contributed by atoms with van der Waals surface area (Å²) in [4.78, 5) is 25.6. The van der Waals surface area contributed by atoms with Crippen molar-refractivity contribution >= 4 is 16.9 Å². The molecule has 2 fully saturated rings. The van der Waals surface area contributed by atoms with E-state index in [1.807, 2.05) is 25.1 Å². The van der Waals surface area contributed by atoms with Crippen LogP contribution in [0.5, 0.6) is 0 Å². The second kappa shape index (κ2) is 7.03. The number of aromatic nitrogens is 2. The van der Waals surface area contributed by atoms with Gasteiger partial charge in [0, 0.05) is 37.8 Å². The van der Waals surface area contributed by atoms with E-state index in [0.717, 1.165) is 54.4 Å². The molecule has 0 spiro atoms. The van der Waals surface area contributed by atoms with E-state index in [4.69, 9.17) is 0 Å². The zero-order chi connectivity index (χ0) is 18.3. The highest BCUT2D eigenvalue weighted by Gasteiger charge is 2.33. The standard InChI is InChI=1S/C21H30N4O/c1-14(2)20-13-25(10-4-9-24(20)12-16-5-6-16)21(26)17-7-8-18-19(11-17)23-15(3)22-18/h7-8,11,14,16,20H,4-6,9-10,12-13H2,1-3H3,(H,22,23)/t20-/m1/s1. The fourth-order valence-corrected chi connectivity index (χ4v) is 4.19. The number of aryl methyl sites for hydroxylation is 1. The van der Waals surface area contributed by atoms with Crippen molar-refractivity contribution in [3.05, 3.63) is 29.6 Å². The van der Waals surface area contributed by atoms with E-state index in [2.05, 4.69) is 33.6 Å². The number of nitrogens with one attached hydrogen (secondary N) is 1. The largest absolute Gasteiger partial charge is 0.342 e. The first-order valence-corrected chi connectivity index (χ1v) is 10.0. The van der Waals surface area contributed by atoms with Crippen molar-refractivity contribution in [3.8, 4) is 0 Å². The summed E-state index contributed by atoms with van der Waals surface area (Å²) in [7, 11) is 0. The molecule has 1 aliphatic carbocycles. The molecule has 1 aliphatic heterocycles. The summed E-state index contributed by atoms with van der Waals surface area (Å²) < 4.78 is 0. The minimum atomic E-state index is 0.151. The molecule has 1 amide bonds. The number of amides is 1. The number of rotatable bonds is 4. The molecule has 140 valence electrons. The van der Waals surface area contributed by atoms with Gasteiger partial charge in [0.15, 0.2) is 0 Å². The Morgan fingerprint density at radius 3 is 2.85 bits per heavy atom. The Balaban J connectivity index is 1.53. The van der Waals surface area contributed by atoms with Crippen LogP contribution < -0.4 is 0 Å². The Labute approximate surface area is 155 Å². The molecule has 2 aliphatic rings. The lowest BCUT2D eigenvalue weighted by Crippen LogP contribution is -2.46. The van der Waals surface area contributed by atoms with Gasteiger partial charge in [-0.2, -0.15) is 0 Å². The van der Waals surface area contributed by atoms with E-state index in [0.29, 0.717) is 12.0 Å². The van der Waals surface area contributed by atoms with E-state index >= 15 is 0 Å². The number of hydrogen-bond donors (Lipinski definition) is 1. The Morgan fingerprint density at radius 1 is 1.31 bits per heavy atom. The maximum Gasteiger partial charge on any atom is 0.253 e. The van der Waals surface area contributed by atoms with Crippen molar-refractivity contribution in [1.82, 2.24) is 19.8 Å². The third kappa shape index (κ3) is 3.63. The van der Waals surface area contributed by atoms with Gasteiger partial charge in [-0.15, -0.1) is 0 Å². The van der Waals surface area contributed by atoms with E-state index < -0.39 is 0 Å². The highest BCUT2D eigenvalue weighted by molar-refractivity contribution is 5.97. The number of nitrogens with zero attached hydrogens (tertiary/aromatic N) is 3. The van der Waals surface area contributed by atoms with Gasteiger partial charge < -0.3 is 9.88 Å². The smallest absolute Gasteiger partial charge is 0.253 e. The van der Waals surface area contributed by atoms with Gasteiger partial charge in [0.05, 0.1) is 11.0 Å². The second-order valence-electron chi connectivity index (χ2n) is 8.41. The summed E-state index contributed by atoms with van der Waals surface area (Å²) >= 11 is 0. The molecule has 2 aromatic rings. The molecule has 5 heteroatoms. The highest BCUT2D eigenvalue weighted by Crippen LogP contribution is 2.32. The summed E-state index contributed by atoms with van der Waals surface area (Å²) in [5.74, 6) is 2.48. The molecule has 0 unspecified atom stereocenters. The van der Waals surface area contributed by atoms with Crippen LogP contribution in [-0.2, 0) is 0 Å². The maximum absolute atomic E-state index is 13.2. The lowest BCUT2D eigenvalue weighted by atomic mass is 10.0. The Hall–Kier alpha value is -1.88. The van der Waals surface area contributed by atoms with Gasteiger partial charge in [-0.1, -0.05) is 13.8 Å². The molecule has 1 N–H and O–H groups in total. The molecular weight excluding hydrogens is 324 g/mol. The van der Waals surface area contributed by atoms with Crippen molar-refractivity contribution < 1.29 is 4.79 Å². The molecule has 1 aromatic heterocycles. The van der Waals surface area contributed by atoms with Crippen LogP contribution in [0.25, 0.3) is 11.0 Å². The molecule has 1 aromatic carbocycles. The SMILES string of the molecule is Cc1nc2ccc(C(=O)N3CCCN(CC4CC4)[C@@H](C(C)C)C3)cc2[nH]1. The van der Waals surface area contributed by atoms with E-state index in [1.165, 1.54) is 19.4 Å². The topological polar surface area (TPSA) is 52.2 Å². The molecule has 0 bridgehead atoms. The molecule has 0 radical (unpaired) electrons. The first kappa shape index (κ1) is 17.5. The van der Waals surface area contributed by atoms with Crippen LogP contribution in [0.3, 0.4) is 0 Å². The molecule has 26 heavy (non-hydrogen) atoms. The molecule has 1 atom stereocenters. The van der Waals surface area contributed by atoms with Crippen molar-refractivity contribution in [3.63, 3.8) is 0 Å². The third-order valence-electron chi connectivity index (χ3n) is 5.84. The second-order valence-corrected chi connectivity index (χ2v) is 8.41. The summed E-state index contributed by atoms with van der Waals surface area (Å²) in [5.41, 5.74) is 2.63. The van der Waals surface area contributed by atoms with Gasteiger partial charge in [-0.3, -0.25) is 9.69 Å². The number of imidazole rings is 1. The molecule has 4 rings (SSSR count). The Morgan fingerprint density at radius 2 is 2.12 bits per heavy atom. The number of hydrogen-bond acceptors (Lipinski definition) is 3. The average molecular weight is 354 g/mol. The van der Waals surface area contributed by atoms with Crippen LogP contribution in [0, 0.1) is 18.8 Å². The normalized spacial score (nSPS) is 22.2. The number of fused-ring (bicyclic) bond motifs is 1. The van der Waals surface area contributed by atoms with Crippen LogP contribution in [-0.4, -0.2) is 57.9 Å². The van der Waals surface area contributed by atoms with Crippen molar-refractivity contribution in [2.75, 3.05) is 26.2 Å². The monoisotopic (exact) mass is 354 g/mol. The molecule has 2 heterocycles. The summed E-state index contributed by atoms with van der Waals surface area (Å²) in [6.45, 7) is 10.5. The predicted octanol–water partition coefficient (Wildman–Crippen LogP) is 3.45. The lowest BCUT2D eigenvalue weighted by Gasteiger charge is -2.34. The van der Waals surface area contributed by atoms with Crippen molar-refractivity contribution in [2.24, 2.45) is 11.8 Å². The third-order valence-corrected chi connectivity index (χ3v) is 5.84. The van der Waals surface area contributed by atoms with E-state index in [9.17, 15) is 4.79 Å². The minimum Gasteiger partial charge on any atom is -0.342 e. The van der Waals surface area contributed by atoms with Gasteiger partial charge >= 0.3 is 0 Å². The predicted molar refractivity (Wildman–Crippen MR) is 104 cm³/mol. The van der Waals surface area contributed by atoms with Gasteiger partial charge in [-0.05, 0) is 56.2 Å². The average Bonchev–Trinajstić information content (AvgIpc) is 3.37. The zero-order valence-electron chi connectivity index (χ0n) is 16.2.